The summed E-state index contributed by atoms with van der Waals surface area (Å²) >= 11 is 0. The zero-order chi connectivity index (χ0) is 14.4. The Morgan fingerprint density at radius 2 is 1.95 bits per heavy atom. The first-order valence-corrected chi connectivity index (χ1v) is 7.72. The molecule has 1 fully saturated rings. The maximum absolute atomic E-state index is 5.44. The van der Waals surface area contributed by atoms with E-state index in [2.05, 4.69) is 18.3 Å². The van der Waals surface area contributed by atoms with E-state index in [0.717, 1.165) is 24.0 Å². The second-order valence-electron chi connectivity index (χ2n) is 5.62. The lowest BCUT2D eigenvalue weighted by molar-refractivity contribution is 0.253. The molecule has 1 aromatic rings. The van der Waals surface area contributed by atoms with Gasteiger partial charge in [-0.25, -0.2) is 0 Å². The minimum Gasteiger partial charge on any atom is -0.497 e. The first-order chi connectivity index (χ1) is 9.78. The molecule has 0 radical (unpaired) electrons. The smallest absolute Gasteiger partial charge is 0.123 e. The van der Waals surface area contributed by atoms with E-state index >= 15 is 0 Å². The third-order valence-corrected chi connectivity index (χ3v) is 4.48. The third-order valence-electron chi connectivity index (χ3n) is 4.48. The predicted molar refractivity (Wildman–Crippen MR) is 82.4 cm³/mol. The molecule has 0 aromatic heterocycles. The second kappa shape index (κ2) is 7.53. The van der Waals surface area contributed by atoms with Crippen LogP contribution in [0.1, 0.15) is 44.6 Å². The zero-order valence-electron chi connectivity index (χ0n) is 12.9. The molecule has 0 saturated heterocycles. The molecule has 1 N–H and O–H groups in total. The van der Waals surface area contributed by atoms with E-state index in [1.807, 2.05) is 12.1 Å². The highest BCUT2D eigenvalue weighted by Gasteiger charge is 2.23. The van der Waals surface area contributed by atoms with E-state index in [1.165, 1.54) is 37.7 Å². The van der Waals surface area contributed by atoms with Gasteiger partial charge in [0.2, 0.25) is 0 Å². The number of nitrogens with one attached hydrogen (secondary N) is 1. The molecule has 1 aliphatic rings. The van der Waals surface area contributed by atoms with Crippen LogP contribution in [0.2, 0.25) is 0 Å². The maximum atomic E-state index is 5.44. The minimum atomic E-state index is 0.643. The normalized spacial score (nSPS) is 22.6. The van der Waals surface area contributed by atoms with E-state index in [1.54, 1.807) is 14.2 Å². The van der Waals surface area contributed by atoms with Crippen LogP contribution in [0.25, 0.3) is 0 Å². The first-order valence-electron chi connectivity index (χ1n) is 7.72. The number of methoxy groups -OCH3 is 2. The molecule has 2 rings (SSSR count). The Balaban J connectivity index is 2.01. The quantitative estimate of drug-likeness (QED) is 0.858. The zero-order valence-corrected chi connectivity index (χ0v) is 12.9. The summed E-state index contributed by atoms with van der Waals surface area (Å²) in [6, 6.07) is 6.63. The van der Waals surface area contributed by atoms with Crippen LogP contribution in [0.5, 0.6) is 11.5 Å². The molecule has 2 atom stereocenters. The first kappa shape index (κ1) is 15.2. The lowest BCUT2D eigenvalue weighted by Crippen LogP contribution is -2.37. The van der Waals surface area contributed by atoms with Gasteiger partial charge < -0.3 is 14.8 Å². The fourth-order valence-electron chi connectivity index (χ4n) is 3.23. The van der Waals surface area contributed by atoms with Crippen LogP contribution in [0.4, 0.5) is 0 Å². The van der Waals surface area contributed by atoms with Crippen molar-refractivity contribution < 1.29 is 9.47 Å². The van der Waals surface area contributed by atoms with Gasteiger partial charge in [-0.1, -0.05) is 26.2 Å². The van der Waals surface area contributed by atoms with E-state index in [9.17, 15) is 0 Å². The maximum Gasteiger partial charge on any atom is 0.123 e. The molecular weight excluding hydrogens is 250 g/mol. The van der Waals surface area contributed by atoms with E-state index in [0.29, 0.717) is 6.04 Å². The highest BCUT2D eigenvalue weighted by Crippen LogP contribution is 2.28. The SMILES string of the molecule is CCC1CCCCC1NCc1cc(OC)ccc1OC. The molecule has 3 nitrogen and oxygen atoms in total. The Morgan fingerprint density at radius 3 is 2.65 bits per heavy atom. The molecule has 1 aliphatic carbocycles. The molecule has 1 saturated carbocycles. The summed E-state index contributed by atoms with van der Waals surface area (Å²) in [5.74, 6) is 2.64. The van der Waals surface area contributed by atoms with Crippen molar-refractivity contribution in [1.82, 2.24) is 5.32 Å². The van der Waals surface area contributed by atoms with Crippen LogP contribution in [0.3, 0.4) is 0 Å². The molecule has 0 amide bonds. The largest absolute Gasteiger partial charge is 0.497 e. The molecule has 112 valence electrons. The fourth-order valence-corrected chi connectivity index (χ4v) is 3.23. The standard InChI is InChI=1S/C17H27NO2/c1-4-13-7-5-6-8-16(13)18-12-14-11-15(19-2)9-10-17(14)20-3/h9-11,13,16,18H,4-8,12H2,1-3H3. The Bertz CT molecular complexity index is 419. The van der Waals surface area contributed by atoms with E-state index < -0.39 is 0 Å². The summed E-state index contributed by atoms with van der Waals surface area (Å²) in [6.45, 7) is 3.15. The molecule has 2 unspecified atom stereocenters. The van der Waals surface area contributed by atoms with E-state index in [-0.39, 0.29) is 0 Å². The lowest BCUT2D eigenvalue weighted by Gasteiger charge is -2.32. The molecule has 0 aliphatic heterocycles. The fraction of sp³-hybridized carbons (Fsp3) is 0.647. The van der Waals surface area contributed by atoms with Crippen molar-refractivity contribution in [3.63, 3.8) is 0 Å². The van der Waals surface area contributed by atoms with Crippen molar-refractivity contribution in [1.29, 1.82) is 0 Å². The van der Waals surface area contributed by atoms with Gasteiger partial charge in [0.1, 0.15) is 11.5 Å². The summed E-state index contributed by atoms with van der Waals surface area (Å²) in [5, 5.41) is 3.73. The third kappa shape index (κ3) is 3.66. The Labute approximate surface area is 122 Å². The minimum absolute atomic E-state index is 0.643. The van der Waals surface area contributed by atoms with Gasteiger partial charge in [-0.15, -0.1) is 0 Å². The summed E-state index contributed by atoms with van der Waals surface area (Å²) in [6.07, 6.45) is 6.67. The topological polar surface area (TPSA) is 30.5 Å². The van der Waals surface area contributed by atoms with Crippen LogP contribution in [-0.2, 0) is 6.54 Å². The number of benzene rings is 1. The van der Waals surface area contributed by atoms with Crippen molar-refractivity contribution >= 4 is 0 Å². The van der Waals surface area contributed by atoms with Gasteiger partial charge in [-0.05, 0) is 37.0 Å². The lowest BCUT2D eigenvalue weighted by atomic mass is 9.83. The number of rotatable bonds is 6. The van der Waals surface area contributed by atoms with Crippen LogP contribution >= 0.6 is 0 Å². The monoisotopic (exact) mass is 277 g/mol. The van der Waals surface area contributed by atoms with Gasteiger partial charge >= 0.3 is 0 Å². The Morgan fingerprint density at radius 1 is 1.15 bits per heavy atom. The molecule has 0 heterocycles. The number of hydrogen-bond donors (Lipinski definition) is 1. The molecule has 1 aromatic carbocycles. The van der Waals surface area contributed by atoms with Gasteiger partial charge in [0.05, 0.1) is 14.2 Å². The van der Waals surface area contributed by atoms with Crippen molar-refractivity contribution in [3.8, 4) is 11.5 Å². The van der Waals surface area contributed by atoms with Crippen LogP contribution in [0.15, 0.2) is 18.2 Å². The Kier molecular flexibility index (Phi) is 5.72. The highest BCUT2D eigenvalue weighted by molar-refractivity contribution is 5.40. The van der Waals surface area contributed by atoms with Crippen molar-refractivity contribution in [2.24, 2.45) is 5.92 Å². The van der Waals surface area contributed by atoms with Crippen LogP contribution in [-0.4, -0.2) is 20.3 Å². The van der Waals surface area contributed by atoms with Gasteiger partial charge in [0, 0.05) is 18.2 Å². The average Bonchev–Trinajstić information content (AvgIpc) is 2.52. The molecule has 0 spiro atoms. The predicted octanol–water partition coefficient (Wildman–Crippen LogP) is 3.76. The number of hydrogen-bond acceptors (Lipinski definition) is 3. The number of ether oxygens (including phenoxy) is 2. The average molecular weight is 277 g/mol. The second-order valence-corrected chi connectivity index (χ2v) is 5.62. The molecule has 20 heavy (non-hydrogen) atoms. The molecular formula is C17H27NO2. The van der Waals surface area contributed by atoms with Gasteiger partial charge in [0.15, 0.2) is 0 Å². The van der Waals surface area contributed by atoms with Crippen molar-refractivity contribution in [3.05, 3.63) is 23.8 Å². The summed E-state index contributed by atoms with van der Waals surface area (Å²) in [5.41, 5.74) is 1.17. The summed E-state index contributed by atoms with van der Waals surface area (Å²) < 4.78 is 10.7. The highest BCUT2D eigenvalue weighted by atomic mass is 16.5. The molecule has 3 heteroatoms. The Hall–Kier alpha value is -1.22. The van der Waals surface area contributed by atoms with E-state index in [4.69, 9.17) is 9.47 Å². The summed E-state index contributed by atoms with van der Waals surface area (Å²) in [4.78, 5) is 0. The molecule has 0 bridgehead atoms. The van der Waals surface area contributed by atoms with Crippen molar-refractivity contribution in [2.75, 3.05) is 14.2 Å². The van der Waals surface area contributed by atoms with Gasteiger partial charge in [-0.3, -0.25) is 0 Å². The van der Waals surface area contributed by atoms with Crippen LogP contribution < -0.4 is 14.8 Å². The van der Waals surface area contributed by atoms with Gasteiger partial charge in [-0.2, -0.15) is 0 Å². The summed E-state index contributed by atoms with van der Waals surface area (Å²) in [7, 11) is 3.42. The van der Waals surface area contributed by atoms with Crippen molar-refractivity contribution in [2.45, 2.75) is 51.6 Å². The van der Waals surface area contributed by atoms with Crippen LogP contribution in [0, 0.1) is 5.92 Å². The van der Waals surface area contributed by atoms with Gasteiger partial charge in [0.25, 0.3) is 0 Å².